The summed E-state index contributed by atoms with van der Waals surface area (Å²) in [6, 6.07) is 0. The number of aromatic nitrogens is 1. The number of thiazole rings is 1. The van der Waals surface area contributed by atoms with Crippen LogP contribution in [0.15, 0.2) is 9.98 Å². The van der Waals surface area contributed by atoms with Gasteiger partial charge in [-0.05, 0) is 40.6 Å². The minimum atomic E-state index is 0.852. The van der Waals surface area contributed by atoms with Gasteiger partial charge in [-0.2, -0.15) is 0 Å². The van der Waals surface area contributed by atoms with Crippen molar-refractivity contribution in [2.75, 3.05) is 11.9 Å². The summed E-state index contributed by atoms with van der Waals surface area (Å²) in [5.74, 6) is 1.84. The number of hydrogen-bond acceptors (Lipinski definition) is 3. The van der Waals surface area contributed by atoms with Gasteiger partial charge in [-0.15, -0.1) is 11.3 Å². The summed E-state index contributed by atoms with van der Waals surface area (Å²) in [5, 5.41) is 6.52. The Morgan fingerprint density at radius 3 is 2.62 bits per heavy atom. The summed E-state index contributed by atoms with van der Waals surface area (Å²) in [4.78, 5) is 4.35. The van der Waals surface area contributed by atoms with E-state index in [1.54, 1.807) is 11.3 Å². The van der Waals surface area contributed by atoms with E-state index in [0.717, 1.165) is 28.1 Å². The quantitative estimate of drug-likeness (QED) is 0.883. The fourth-order valence-electron chi connectivity index (χ4n) is 2.41. The van der Waals surface area contributed by atoms with Crippen molar-refractivity contribution in [3.05, 3.63) is 9.98 Å². The highest BCUT2D eigenvalue weighted by Crippen LogP contribution is 2.31. The molecule has 1 heterocycles. The molecule has 1 aromatic rings. The molecule has 0 unspecified atom stereocenters. The zero-order chi connectivity index (χ0) is 11.4. The SMILES string of the molecule is CCC1CCC(CNc2nc(Br)cs2)CC1. The van der Waals surface area contributed by atoms with E-state index >= 15 is 0 Å². The maximum Gasteiger partial charge on any atom is 0.183 e. The average molecular weight is 303 g/mol. The van der Waals surface area contributed by atoms with Crippen LogP contribution in [-0.2, 0) is 0 Å². The maximum atomic E-state index is 4.35. The molecule has 1 fully saturated rings. The third-order valence-corrected chi connectivity index (χ3v) is 5.07. The van der Waals surface area contributed by atoms with E-state index in [4.69, 9.17) is 0 Å². The van der Waals surface area contributed by atoms with Gasteiger partial charge in [0.15, 0.2) is 5.13 Å². The first-order valence-electron chi connectivity index (χ1n) is 6.12. The Kier molecular flexibility index (Phi) is 4.65. The Morgan fingerprint density at radius 1 is 1.38 bits per heavy atom. The van der Waals surface area contributed by atoms with Crippen LogP contribution in [0.25, 0.3) is 0 Å². The molecule has 4 heteroatoms. The molecule has 1 N–H and O–H groups in total. The molecule has 0 amide bonds. The van der Waals surface area contributed by atoms with Crippen LogP contribution in [-0.4, -0.2) is 11.5 Å². The first-order valence-corrected chi connectivity index (χ1v) is 7.80. The van der Waals surface area contributed by atoms with Crippen molar-refractivity contribution in [3.63, 3.8) is 0 Å². The van der Waals surface area contributed by atoms with Crippen molar-refractivity contribution in [2.45, 2.75) is 39.0 Å². The fourth-order valence-corrected chi connectivity index (χ4v) is 3.57. The first-order chi connectivity index (χ1) is 7.78. The maximum absolute atomic E-state index is 4.35. The van der Waals surface area contributed by atoms with Gasteiger partial charge >= 0.3 is 0 Å². The van der Waals surface area contributed by atoms with Crippen molar-refractivity contribution < 1.29 is 0 Å². The van der Waals surface area contributed by atoms with Gasteiger partial charge in [-0.25, -0.2) is 4.98 Å². The Hall–Kier alpha value is -0.0900. The summed E-state index contributed by atoms with van der Waals surface area (Å²) in [7, 11) is 0. The number of anilines is 1. The van der Waals surface area contributed by atoms with E-state index in [1.165, 1.54) is 32.1 Å². The second-order valence-corrected chi connectivity index (χ2v) is 6.32. The molecule has 16 heavy (non-hydrogen) atoms. The molecular weight excluding hydrogens is 284 g/mol. The lowest BCUT2D eigenvalue weighted by molar-refractivity contribution is 0.278. The highest BCUT2D eigenvalue weighted by atomic mass is 79.9. The molecule has 2 nitrogen and oxygen atoms in total. The molecule has 2 rings (SSSR count). The van der Waals surface area contributed by atoms with E-state index in [9.17, 15) is 0 Å². The highest BCUT2D eigenvalue weighted by Gasteiger charge is 2.19. The zero-order valence-corrected chi connectivity index (χ0v) is 12.1. The van der Waals surface area contributed by atoms with Crippen LogP contribution in [0.3, 0.4) is 0 Å². The molecule has 0 radical (unpaired) electrons. The summed E-state index contributed by atoms with van der Waals surface area (Å²) >= 11 is 5.05. The number of nitrogens with zero attached hydrogens (tertiary/aromatic N) is 1. The van der Waals surface area contributed by atoms with Crippen LogP contribution in [0.2, 0.25) is 0 Å². The van der Waals surface area contributed by atoms with E-state index in [0.29, 0.717) is 0 Å². The van der Waals surface area contributed by atoms with Crippen LogP contribution >= 0.6 is 27.3 Å². The fraction of sp³-hybridized carbons (Fsp3) is 0.750. The lowest BCUT2D eigenvalue weighted by atomic mass is 9.81. The highest BCUT2D eigenvalue weighted by molar-refractivity contribution is 9.10. The van der Waals surface area contributed by atoms with Gasteiger partial charge in [0.1, 0.15) is 4.60 Å². The van der Waals surface area contributed by atoms with E-state index in [1.807, 2.05) is 5.38 Å². The zero-order valence-electron chi connectivity index (χ0n) is 9.71. The van der Waals surface area contributed by atoms with E-state index < -0.39 is 0 Å². The Labute approximate surface area is 110 Å². The second-order valence-electron chi connectivity index (χ2n) is 4.65. The standard InChI is InChI=1S/C12H19BrN2S/c1-2-9-3-5-10(6-4-9)7-14-12-15-11(13)8-16-12/h8-10H,2-7H2,1H3,(H,14,15). The van der Waals surface area contributed by atoms with Gasteiger partial charge < -0.3 is 5.32 Å². The second kappa shape index (κ2) is 6.01. The van der Waals surface area contributed by atoms with Crippen LogP contribution < -0.4 is 5.32 Å². The summed E-state index contributed by atoms with van der Waals surface area (Å²) in [6.07, 6.45) is 6.98. The third kappa shape index (κ3) is 3.45. The summed E-state index contributed by atoms with van der Waals surface area (Å²) < 4.78 is 0.940. The largest absolute Gasteiger partial charge is 0.361 e. The Morgan fingerprint density at radius 2 is 2.06 bits per heavy atom. The number of halogens is 1. The molecule has 1 aromatic heterocycles. The third-order valence-electron chi connectivity index (χ3n) is 3.56. The molecule has 90 valence electrons. The van der Waals surface area contributed by atoms with Gasteiger partial charge in [0.05, 0.1) is 0 Å². The lowest BCUT2D eigenvalue weighted by Crippen LogP contribution is -2.20. The predicted octanol–water partition coefficient (Wildman–Crippen LogP) is 4.53. The van der Waals surface area contributed by atoms with E-state index in [2.05, 4.69) is 33.2 Å². The summed E-state index contributed by atoms with van der Waals surface area (Å²) in [6.45, 7) is 3.41. The predicted molar refractivity (Wildman–Crippen MR) is 74.0 cm³/mol. The average Bonchev–Trinajstić information content (AvgIpc) is 2.73. The Bertz CT molecular complexity index is 319. The minimum absolute atomic E-state index is 0.852. The van der Waals surface area contributed by atoms with Gasteiger partial charge in [-0.1, -0.05) is 26.2 Å². The topological polar surface area (TPSA) is 24.9 Å². The van der Waals surface area contributed by atoms with Gasteiger partial charge in [0, 0.05) is 11.9 Å². The monoisotopic (exact) mass is 302 g/mol. The number of rotatable bonds is 4. The lowest BCUT2D eigenvalue weighted by Gasteiger charge is -2.27. The van der Waals surface area contributed by atoms with E-state index in [-0.39, 0.29) is 0 Å². The van der Waals surface area contributed by atoms with Gasteiger partial charge in [0.25, 0.3) is 0 Å². The van der Waals surface area contributed by atoms with Crippen molar-refractivity contribution in [1.29, 1.82) is 0 Å². The van der Waals surface area contributed by atoms with Crippen LogP contribution in [0.1, 0.15) is 39.0 Å². The molecule has 0 spiro atoms. The first kappa shape index (κ1) is 12.4. The molecular formula is C12H19BrN2S. The van der Waals surface area contributed by atoms with Gasteiger partial charge in [-0.3, -0.25) is 0 Å². The molecule has 0 atom stereocenters. The molecule has 0 saturated heterocycles. The van der Waals surface area contributed by atoms with Crippen LogP contribution in [0, 0.1) is 11.8 Å². The van der Waals surface area contributed by atoms with Crippen LogP contribution in [0.4, 0.5) is 5.13 Å². The smallest absolute Gasteiger partial charge is 0.183 e. The van der Waals surface area contributed by atoms with Gasteiger partial charge in [0.2, 0.25) is 0 Å². The molecule has 1 saturated carbocycles. The van der Waals surface area contributed by atoms with Crippen LogP contribution in [0.5, 0.6) is 0 Å². The Balaban J connectivity index is 1.71. The summed E-state index contributed by atoms with van der Waals surface area (Å²) in [5.41, 5.74) is 0. The molecule has 1 aliphatic rings. The number of nitrogens with one attached hydrogen (secondary N) is 1. The number of hydrogen-bond donors (Lipinski definition) is 1. The van der Waals surface area contributed by atoms with Crippen molar-refractivity contribution in [2.24, 2.45) is 11.8 Å². The normalized spacial score (nSPS) is 25.6. The van der Waals surface area contributed by atoms with Crippen molar-refractivity contribution in [1.82, 2.24) is 4.98 Å². The molecule has 0 bridgehead atoms. The minimum Gasteiger partial charge on any atom is -0.361 e. The molecule has 0 aliphatic heterocycles. The molecule has 1 aliphatic carbocycles. The van der Waals surface area contributed by atoms with Crippen molar-refractivity contribution in [3.8, 4) is 0 Å². The molecule has 0 aromatic carbocycles. The van der Waals surface area contributed by atoms with Crippen molar-refractivity contribution >= 4 is 32.4 Å².